The lowest BCUT2D eigenvalue weighted by atomic mass is 10.4. The minimum absolute atomic E-state index is 0.608. The molecule has 0 atom stereocenters. The van der Waals surface area contributed by atoms with Gasteiger partial charge in [0.25, 0.3) is 0 Å². The molecule has 18 heavy (non-hydrogen) atoms. The van der Waals surface area contributed by atoms with Crippen LogP contribution in [0.3, 0.4) is 0 Å². The summed E-state index contributed by atoms with van der Waals surface area (Å²) in [6.45, 7) is 3.53. The second-order valence-electron chi connectivity index (χ2n) is 3.88. The van der Waals surface area contributed by atoms with Crippen LogP contribution in [-0.4, -0.2) is 26.3 Å². The summed E-state index contributed by atoms with van der Waals surface area (Å²) in [7, 11) is 0. The lowest BCUT2D eigenvalue weighted by Gasteiger charge is -2.08. The fraction of sp³-hybridized carbons (Fsp3) is 0.364. The summed E-state index contributed by atoms with van der Waals surface area (Å²) in [5.41, 5.74) is 2.52. The van der Waals surface area contributed by atoms with E-state index in [0.717, 1.165) is 25.3 Å². The number of aromatic nitrogens is 4. The van der Waals surface area contributed by atoms with E-state index >= 15 is 0 Å². The number of nitrogen functional groups attached to an aromatic ring is 1. The molecule has 0 bridgehead atoms. The number of hydrogen-bond acceptors (Lipinski definition) is 6. The number of nitrogens with zero attached hydrogens (tertiary/aromatic N) is 4. The molecule has 0 aromatic carbocycles. The lowest BCUT2D eigenvalue weighted by molar-refractivity contribution is 0.591. The average molecular weight is 247 g/mol. The van der Waals surface area contributed by atoms with Crippen LogP contribution in [0, 0.1) is 6.92 Å². The first-order valence-corrected chi connectivity index (χ1v) is 5.81. The molecule has 2 rings (SSSR count). The van der Waals surface area contributed by atoms with E-state index in [1.807, 2.05) is 23.9 Å². The number of anilines is 2. The predicted molar refractivity (Wildman–Crippen MR) is 69.9 cm³/mol. The Hall–Kier alpha value is -2.15. The molecule has 0 unspecified atom stereocenters. The average Bonchev–Trinajstić information content (AvgIpc) is 2.87. The molecule has 4 N–H and O–H groups in total. The highest BCUT2D eigenvalue weighted by molar-refractivity contribution is 5.46. The Bertz CT molecular complexity index is 480. The Balaban J connectivity index is 1.81. The second-order valence-corrected chi connectivity index (χ2v) is 3.88. The molecular formula is C11H17N7. The molecule has 0 saturated heterocycles. The summed E-state index contributed by atoms with van der Waals surface area (Å²) >= 11 is 0. The van der Waals surface area contributed by atoms with Gasteiger partial charge < -0.3 is 10.7 Å². The van der Waals surface area contributed by atoms with Gasteiger partial charge >= 0.3 is 0 Å². The van der Waals surface area contributed by atoms with Gasteiger partial charge in [-0.15, -0.1) is 0 Å². The number of hydrogen-bond donors (Lipinski definition) is 3. The van der Waals surface area contributed by atoms with Crippen molar-refractivity contribution in [1.29, 1.82) is 0 Å². The molecule has 2 aromatic heterocycles. The van der Waals surface area contributed by atoms with Gasteiger partial charge in [0.15, 0.2) is 0 Å². The maximum absolute atomic E-state index is 5.33. The van der Waals surface area contributed by atoms with Gasteiger partial charge in [0.2, 0.25) is 0 Å². The Morgan fingerprint density at radius 2 is 2.17 bits per heavy atom. The topological polar surface area (TPSA) is 93.7 Å². The summed E-state index contributed by atoms with van der Waals surface area (Å²) in [6, 6.07) is 3.70. The number of nitrogens with one attached hydrogen (secondary N) is 2. The third kappa shape index (κ3) is 3.42. The maximum atomic E-state index is 5.33. The Kier molecular flexibility index (Phi) is 4.08. The van der Waals surface area contributed by atoms with Crippen molar-refractivity contribution in [3.05, 3.63) is 30.4 Å². The Labute approximate surface area is 105 Å². The molecule has 2 aromatic rings. The summed E-state index contributed by atoms with van der Waals surface area (Å²) < 4.78 is 1.90. The molecule has 0 radical (unpaired) electrons. The van der Waals surface area contributed by atoms with Crippen molar-refractivity contribution in [2.24, 2.45) is 5.84 Å². The van der Waals surface area contributed by atoms with Crippen molar-refractivity contribution in [2.75, 3.05) is 17.3 Å². The number of aryl methyl sites for hydroxylation is 2. The van der Waals surface area contributed by atoms with Crippen LogP contribution >= 0.6 is 0 Å². The van der Waals surface area contributed by atoms with E-state index < -0.39 is 0 Å². The van der Waals surface area contributed by atoms with E-state index in [1.165, 1.54) is 0 Å². The van der Waals surface area contributed by atoms with Crippen molar-refractivity contribution in [2.45, 2.75) is 19.9 Å². The zero-order valence-corrected chi connectivity index (χ0v) is 10.3. The molecule has 0 spiro atoms. The highest BCUT2D eigenvalue weighted by Crippen LogP contribution is 2.09. The van der Waals surface area contributed by atoms with E-state index in [9.17, 15) is 0 Å². The highest BCUT2D eigenvalue weighted by Gasteiger charge is 2.00. The van der Waals surface area contributed by atoms with Crippen LogP contribution in [0.1, 0.15) is 12.2 Å². The van der Waals surface area contributed by atoms with E-state index in [2.05, 4.69) is 25.8 Å². The zero-order valence-electron chi connectivity index (χ0n) is 10.3. The Morgan fingerprint density at radius 3 is 2.89 bits per heavy atom. The minimum Gasteiger partial charge on any atom is -0.370 e. The van der Waals surface area contributed by atoms with Crippen LogP contribution in [0.15, 0.2) is 24.5 Å². The molecule has 0 aliphatic rings. The van der Waals surface area contributed by atoms with Gasteiger partial charge in [0.05, 0.1) is 0 Å². The van der Waals surface area contributed by atoms with Gasteiger partial charge in [-0.1, -0.05) is 0 Å². The van der Waals surface area contributed by atoms with Crippen molar-refractivity contribution in [1.82, 2.24) is 19.7 Å². The first kappa shape index (κ1) is 12.3. The van der Waals surface area contributed by atoms with E-state index in [-0.39, 0.29) is 0 Å². The molecule has 0 aliphatic heterocycles. The van der Waals surface area contributed by atoms with E-state index in [4.69, 9.17) is 5.84 Å². The third-order valence-corrected chi connectivity index (χ3v) is 2.42. The minimum atomic E-state index is 0.608. The van der Waals surface area contributed by atoms with Crippen LogP contribution in [-0.2, 0) is 6.54 Å². The van der Waals surface area contributed by atoms with Gasteiger partial charge in [-0.25, -0.2) is 15.8 Å². The number of hydrazine groups is 1. The highest BCUT2D eigenvalue weighted by atomic mass is 15.3. The fourth-order valence-electron chi connectivity index (χ4n) is 1.62. The summed E-state index contributed by atoms with van der Waals surface area (Å²) in [6.07, 6.45) is 4.70. The van der Waals surface area contributed by atoms with Crippen molar-refractivity contribution in [3.8, 4) is 0 Å². The van der Waals surface area contributed by atoms with Crippen molar-refractivity contribution >= 4 is 11.6 Å². The summed E-state index contributed by atoms with van der Waals surface area (Å²) in [5, 5.41) is 7.37. The smallest absolute Gasteiger partial charge is 0.145 e. The molecule has 7 heteroatoms. The first-order chi connectivity index (χ1) is 8.78. The summed E-state index contributed by atoms with van der Waals surface area (Å²) in [4.78, 5) is 8.40. The van der Waals surface area contributed by atoms with Gasteiger partial charge in [-0.3, -0.25) is 4.68 Å². The third-order valence-electron chi connectivity index (χ3n) is 2.42. The molecule has 0 amide bonds. The fourth-order valence-corrected chi connectivity index (χ4v) is 1.62. The van der Waals surface area contributed by atoms with Gasteiger partial charge in [0.1, 0.15) is 17.5 Å². The van der Waals surface area contributed by atoms with Crippen LogP contribution in [0.2, 0.25) is 0 Å². The van der Waals surface area contributed by atoms with E-state index in [0.29, 0.717) is 11.6 Å². The second kappa shape index (κ2) is 5.97. The zero-order chi connectivity index (χ0) is 12.8. The molecular weight excluding hydrogens is 230 g/mol. The molecule has 0 saturated carbocycles. The number of rotatable bonds is 6. The van der Waals surface area contributed by atoms with Gasteiger partial charge in [0, 0.05) is 31.5 Å². The largest absolute Gasteiger partial charge is 0.370 e. The normalized spacial score (nSPS) is 10.3. The standard InChI is InChI=1S/C11H17N7/c1-9-15-10(8-11(16-9)17-12)13-4-2-6-18-7-3-5-14-18/h3,5,7-8H,2,4,6,12H2,1H3,(H2,13,15,16,17). The van der Waals surface area contributed by atoms with Crippen LogP contribution in [0.25, 0.3) is 0 Å². The Morgan fingerprint density at radius 1 is 1.33 bits per heavy atom. The summed E-state index contributed by atoms with van der Waals surface area (Å²) in [5.74, 6) is 7.39. The van der Waals surface area contributed by atoms with Crippen LogP contribution in [0.4, 0.5) is 11.6 Å². The monoisotopic (exact) mass is 247 g/mol. The lowest BCUT2D eigenvalue weighted by Crippen LogP contribution is -2.12. The van der Waals surface area contributed by atoms with Gasteiger partial charge in [-0.05, 0) is 19.4 Å². The molecule has 0 fully saturated rings. The maximum Gasteiger partial charge on any atom is 0.145 e. The van der Waals surface area contributed by atoms with Crippen LogP contribution in [0.5, 0.6) is 0 Å². The molecule has 96 valence electrons. The quantitative estimate of drug-likeness (QED) is 0.396. The molecule has 7 nitrogen and oxygen atoms in total. The van der Waals surface area contributed by atoms with Gasteiger partial charge in [-0.2, -0.15) is 5.10 Å². The molecule has 2 heterocycles. The van der Waals surface area contributed by atoms with Crippen molar-refractivity contribution in [3.63, 3.8) is 0 Å². The number of nitrogens with two attached hydrogens (primary N) is 1. The van der Waals surface area contributed by atoms with Crippen molar-refractivity contribution < 1.29 is 0 Å². The molecule has 0 aliphatic carbocycles. The van der Waals surface area contributed by atoms with Crippen LogP contribution < -0.4 is 16.6 Å². The first-order valence-electron chi connectivity index (χ1n) is 5.81. The van der Waals surface area contributed by atoms with E-state index in [1.54, 1.807) is 12.3 Å². The SMILES string of the molecule is Cc1nc(NN)cc(NCCCn2cccn2)n1. The predicted octanol–water partition coefficient (Wildman–Crippen LogP) is 0.769.